The van der Waals surface area contributed by atoms with Gasteiger partial charge >= 0.3 is 6.36 Å². The maximum atomic E-state index is 12.8. The third-order valence-corrected chi connectivity index (χ3v) is 4.15. The maximum absolute atomic E-state index is 12.8. The van der Waals surface area contributed by atoms with E-state index in [1.165, 1.54) is 28.9 Å². The zero-order chi connectivity index (χ0) is 20.5. The minimum atomic E-state index is -4.75. The van der Waals surface area contributed by atoms with Gasteiger partial charge in [-0.25, -0.2) is 4.68 Å². The smallest absolute Gasteiger partial charge is 0.406 e. The molecule has 1 aromatic heterocycles. The highest BCUT2D eigenvalue weighted by atomic mass is 19.4. The fourth-order valence-electron chi connectivity index (χ4n) is 2.66. The van der Waals surface area contributed by atoms with Gasteiger partial charge in [-0.05, 0) is 35.4 Å². The fraction of sp³-hybridized carbons (Fsp3) is 0.316. The minimum Gasteiger partial charge on any atom is -0.406 e. The van der Waals surface area contributed by atoms with Gasteiger partial charge < -0.3 is 9.84 Å². The summed E-state index contributed by atoms with van der Waals surface area (Å²) in [7, 11) is 0. The zero-order valence-corrected chi connectivity index (χ0v) is 15.2. The van der Waals surface area contributed by atoms with E-state index < -0.39 is 11.8 Å². The first-order chi connectivity index (χ1) is 13.1. The molecule has 0 radical (unpaired) electrons. The molecule has 0 spiro atoms. The molecule has 0 atom stereocenters. The number of aromatic nitrogens is 3. The van der Waals surface area contributed by atoms with Crippen LogP contribution in [0.15, 0.2) is 47.3 Å². The van der Waals surface area contributed by atoms with Crippen molar-refractivity contribution in [3.05, 3.63) is 52.8 Å². The summed E-state index contributed by atoms with van der Waals surface area (Å²) in [4.78, 5) is 12.8. The van der Waals surface area contributed by atoms with E-state index in [0.29, 0.717) is 22.0 Å². The van der Waals surface area contributed by atoms with E-state index >= 15 is 0 Å². The van der Waals surface area contributed by atoms with Gasteiger partial charge in [0.15, 0.2) is 0 Å². The Labute approximate surface area is 158 Å². The third kappa shape index (κ3) is 4.48. The molecule has 1 heterocycles. The predicted molar refractivity (Wildman–Crippen MR) is 96.8 cm³/mol. The van der Waals surface area contributed by atoms with Crippen molar-refractivity contribution in [3.8, 4) is 16.9 Å². The van der Waals surface area contributed by atoms with Gasteiger partial charge in [-0.15, -0.1) is 18.3 Å². The molecule has 1 N–H and O–H groups in total. The van der Waals surface area contributed by atoms with Crippen molar-refractivity contribution in [2.45, 2.75) is 26.8 Å². The summed E-state index contributed by atoms with van der Waals surface area (Å²) >= 11 is 0. The van der Waals surface area contributed by atoms with Crippen LogP contribution in [0.4, 0.5) is 13.2 Å². The number of halogens is 3. The largest absolute Gasteiger partial charge is 0.573 e. The Kier molecular flexibility index (Phi) is 5.12. The lowest BCUT2D eigenvalue weighted by Crippen LogP contribution is -2.33. The summed E-state index contributed by atoms with van der Waals surface area (Å²) in [5.74, 6) is -0.323. The molecule has 6 nitrogen and oxygen atoms in total. The number of rotatable bonds is 5. The van der Waals surface area contributed by atoms with E-state index in [9.17, 15) is 23.1 Å². The van der Waals surface area contributed by atoms with E-state index in [2.05, 4.69) is 15.0 Å². The van der Waals surface area contributed by atoms with Gasteiger partial charge in [0.05, 0.1) is 11.9 Å². The van der Waals surface area contributed by atoms with Crippen molar-refractivity contribution in [1.82, 2.24) is 15.0 Å². The minimum absolute atomic E-state index is 0.120. The average Bonchev–Trinajstić information content (AvgIpc) is 2.63. The van der Waals surface area contributed by atoms with Crippen LogP contribution in [0, 0.1) is 5.41 Å². The average molecular weight is 393 g/mol. The Hall–Kier alpha value is -2.94. The normalized spacial score (nSPS) is 12.4. The molecule has 0 amide bonds. The second kappa shape index (κ2) is 7.23. The first-order valence-electron chi connectivity index (χ1n) is 8.43. The van der Waals surface area contributed by atoms with Gasteiger partial charge in [0.1, 0.15) is 11.3 Å². The second-order valence-corrected chi connectivity index (χ2v) is 7.18. The van der Waals surface area contributed by atoms with Crippen LogP contribution in [0.5, 0.6) is 5.75 Å². The van der Waals surface area contributed by atoms with Crippen LogP contribution in [0.2, 0.25) is 0 Å². The number of nitrogens with zero attached hydrogens (tertiary/aromatic N) is 3. The summed E-state index contributed by atoms with van der Waals surface area (Å²) in [6, 6.07) is 10.3. The summed E-state index contributed by atoms with van der Waals surface area (Å²) in [5.41, 5.74) is 0.770. The van der Waals surface area contributed by atoms with Gasteiger partial charge in [-0.3, -0.25) is 4.79 Å². The topological polar surface area (TPSA) is 77.2 Å². The zero-order valence-electron chi connectivity index (χ0n) is 15.2. The Balaban J connectivity index is 1.97. The molecule has 9 heteroatoms. The Morgan fingerprint density at radius 3 is 2.32 bits per heavy atom. The Bertz CT molecular complexity index is 1040. The lowest BCUT2D eigenvalue weighted by molar-refractivity contribution is -0.274. The molecule has 0 saturated carbocycles. The molecule has 0 fully saturated rings. The van der Waals surface area contributed by atoms with Crippen molar-refractivity contribution >= 4 is 10.9 Å². The molecule has 0 aliphatic rings. The summed E-state index contributed by atoms with van der Waals surface area (Å²) in [5, 5.41) is 17.7. The molecule has 28 heavy (non-hydrogen) atoms. The fourth-order valence-corrected chi connectivity index (χ4v) is 2.66. The van der Waals surface area contributed by atoms with Crippen LogP contribution < -0.4 is 10.3 Å². The molecule has 3 rings (SSSR count). The first kappa shape index (κ1) is 19.8. The van der Waals surface area contributed by atoms with Gasteiger partial charge in [0.25, 0.3) is 5.56 Å². The van der Waals surface area contributed by atoms with Crippen LogP contribution in [-0.4, -0.2) is 33.1 Å². The summed E-state index contributed by atoms with van der Waals surface area (Å²) in [6.07, 6.45) is -4.75. The standard InChI is InChI=1S/C19H18F3N3O3/c1-18(2,11-26)10-25-17(27)15-9-13(5-8-16(15)23-24-25)12-3-6-14(7-4-12)28-19(20,21)22/h3-9,26H,10-11H2,1-2H3. The van der Waals surface area contributed by atoms with E-state index in [-0.39, 0.29) is 24.5 Å². The maximum Gasteiger partial charge on any atom is 0.573 e. The quantitative estimate of drug-likeness (QED) is 0.719. The van der Waals surface area contributed by atoms with Crippen molar-refractivity contribution in [2.75, 3.05) is 6.61 Å². The summed E-state index contributed by atoms with van der Waals surface area (Å²) < 4.78 is 41.9. The van der Waals surface area contributed by atoms with Crippen LogP contribution in [0.25, 0.3) is 22.0 Å². The van der Waals surface area contributed by atoms with Gasteiger partial charge in [-0.1, -0.05) is 37.3 Å². The molecule has 0 aliphatic carbocycles. The Morgan fingerprint density at radius 2 is 1.71 bits per heavy atom. The van der Waals surface area contributed by atoms with Gasteiger partial charge in [-0.2, -0.15) is 0 Å². The highest BCUT2D eigenvalue weighted by Gasteiger charge is 2.31. The number of alkyl halides is 3. The van der Waals surface area contributed by atoms with Gasteiger partial charge in [0.2, 0.25) is 0 Å². The number of ether oxygens (including phenoxy) is 1. The van der Waals surface area contributed by atoms with E-state index in [0.717, 1.165) is 0 Å². The molecule has 0 bridgehead atoms. The highest BCUT2D eigenvalue weighted by molar-refractivity contribution is 5.83. The second-order valence-electron chi connectivity index (χ2n) is 7.18. The van der Waals surface area contributed by atoms with Crippen molar-refractivity contribution < 1.29 is 23.0 Å². The predicted octanol–water partition coefficient (Wildman–Crippen LogP) is 3.38. The van der Waals surface area contributed by atoms with Crippen LogP contribution in [0.1, 0.15) is 13.8 Å². The van der Waals surface area contributed by atoms with Crippen LogP contribution >= 0.6 is 0 Å². The molecule has 0 unspecified atom stereocenters. The van der Waals surface area contributed by atoms with E-state index in [1.54, 1.807) is 32.0 Å². The number of benzene rings is 2. The number of hydrogen-bond acceptors (Lipinski definition) is 5. The number of aliphatic hydroxyl groups is 1. The lowest BCUT2D eigenvalue weighted by Gasteiger charge is -2.21. The Morgan fingerprint density at radius 1 is 1.07 bits per heavy atom. The highest BCUT2D eigenvalue weighted by Crippen LogP contribution is 2.27. The molecule has 0 aliphatic heterocycles. The molecule has 2 aromatic carbocycles. The van der Waals surface area contributed by atoms with Crippen molar-refractivity contribution in [1.29, 1.82) is 0 Å². The number of fused-ring (bicyclic) bond motifs is 1. The van der Waals surface area contributed by atoms with E-state index in [4.69, 9.17) is 0 Å². The van der Waals surface area contributed by atoms with Crippen LogP contribution in [-0.2, 0) is 6.54 Å². The SMILES string of the molecule is CC(C)(CO)Cn1nnc2ccc(-c3ccc(OC(F)(F)F)cc3)cc2c1=O. The number of hydrogen-bond donors (Lipinski definition) is 1. The molecular weight excluding hydrogens is 375 g/mol. The van der Waals surface area contributed by atoms with E-state index in [1.807, 2.05) is 0 Å². The van der Waals surface area contributed by atoms with Crippen molar-refractivity contribution in [3.63, 3.8) is 0 Å². The molecule has 0 saturated heterocycles. The molecule has 3 aromatic rings. The summed E-state index contributed by atoms with van der Waals surface area (Å²) in [6.45, 7) is 3.67. The lowest BCUT2D eigenvalue weighted by atomic mass is 9.95. The van der Waals surface area contributed by atoms with Crippen molar-refractivity contribution in [2.24, 2.45) is 5.41 Å². The monoisotopic (exact) mass is 393 g/mol. The molecular formula is C19H18F3N3O3. The first-order valence-corrected chi connectivity index (χ1v) is 8.43. The number of aliphatic hydroxyl groups excluding tert-OH is 1. The van der Waals surface area contributed by atoms with Gasteiger partial charge in [0, 0.05) is 12.0 Å². The third-order valence-electron chi connectivity index (χ3n) is 4.15. The van der Waals surface area contributed by atoms with Crippen LogP contribution in [0.3, 0.4) is 0 Å². The molecule has 148 valence electrons.